The highest BCUT2D eigenvalue weighted by Gasteiger charge is 2.37. The van der Waals surface area contributed by atoms with Gasteiger partial charge in [0.2, 0.25) is 6.29 Å². The lowest BCUT2D eigenvalue weighted by Gasteiger charge is -2.21. The summed E-state index contributed by atoms with van der Waals surface area (Å²) < 4.78 is 50.8. The Hall–Kier alpha value is -1.22. The molecule has 0 saturated carbocycles. The van der Waals surface area contributed by atoms with E-state index in [9.17, 15) is 22.8 Å². The average Bonchev–Trinajstić information content (AvgIpc) is 2.42. The van der Waals surface area contributed by atoms with Gasteiger partial charge in [0.1, 0.15) is 5.57 Å². The molecular weight excluding hydrogens is 313 g/mol. The molecule has 0 aliphatic carbocycles. The SMILES string of the molecule is C=C(C(=O)OCCCC(=O)OC1CSCCO1)C(F)(F)F. The van der Waals surface area contributed by atoms with Gasteiger partial charge in [-0.05, 0) is 6.42 Å². The highest BCUT2D eigenvalue weighted by molar-refractivity contribution is 7.99. The van der Waals surface area contributed by atoms with Crippen LogP contribution in [0.15, 0.2) is 12.2 Å². The van der Waals surface area contributed by atoms with Gasteiger partial charge in [0, 0.05) is 12.2 Å². The number of halogens is 3. The Balaban J connectivity index is 2.14. The van der Waals surface area contributed by atoms with E-state index in [1.807, 2.05) is 0 Å². The third-order valence-electron chi connectivity index (χ3n) is 2.40. The standard InChI is InChI=1S/C12H15F3O5S/c1-8(12(13,14)15)11(17)19-4-2-3-9(16)20-10-7-21-6-5-18-10/h10H,1-7H2. The van der Waals surface area contributed by atoms with E-state index in [0.29, 0.717) is 12.4 Å². The number of hydrogen-bond donors (Lipinski definition) is 0. The van der Waals surface area contributed by atoms with Crippen LogP contribution >= 0.6 is 11.8 Å². The second-order valence-electron chi connectivity index (χ2n) is 4.08. The third kappa shape index (κ3) is 6.85. The zero-order valence-electron chi connectivity index (χ0n) is 11.1. The minimum absolute atomic E-state index is 0.0651. The molecule has 1 saturated heterocycles. The third-order valence-corrected chi connectivity index (χ3v) is 3.36. The van der Waals surface area contributed by atoms with E-state index < -0.39 is 30.0 Å². The van der Waals surface area contributed by atoms with E-state index in [4.69, 9.17) is 9.47 Å². The highest BCUT2D eigenvalue weighted by atomic mass is 32.2. The molecule has 1 aliphatic heterocycles. The first-order valence-corrected chi connectivity index (χ1v) is 7.28. The van der Waals surface area contributed by atoms with Crippen molar-refractivity contribution in [2.45, 2.75) is 25.3 Å². The van der Waals surface area contributed by atoms with E-state index in [2.05, 4.69) is 11.3 Å². The summed E-state index contributed by atoms with van der Waals surface area (Å²) in [5.74, 6) is -0.699. The summed E-state index contributed by atoms with van der Waals surface area (Å²) in [7, 11) is 0. The molecule has 0 N–H and O–H groups in total. The van der Waals surface area contributed by atoms with Crippen LogP contribution in [0, 0.1) is 0 Å². The Labute approximate surface area is 123 Å². The lowest BCUT2D eigenvalue weighted by atomic mass is 10.3. The summed E-state index contributed by atoms with van der Waals surface area (Å²) in [4.78, 5) is 22.4. The molecule has 5 nitrogen and oxygen atoms in total. The number of esters is 2. The fourth-order valence-corrected chi connectivity index (χ4v) is 2.06. The summed E-state index contributed by atoms with van der Waals surface area (Å²) in [6, 6.07) is 0. The maximum atomic E-state index is 12.1. The van der Waals surface area contributed by atoms with Crippen molar-refractivity contribution in [2.24, 2.45) is 0 Å². The monoisotopic (exact) mass is 328 g/mol. The van der Waals surface area contributed by atoms with Gasteiger partial charge in [-0.2, -0.15) is 24.9 Å². The molecule has 1 rings (SSSR count). The Bertz CT molecular complexity index is 391. The zero-order valence-corrected chi connectivity index (χ0v) is 11.9. The highest BCUT2D eigenvalue weighted by Crippen LogP contribution is 2.24. The largest absolute Gasteiger partial charge is 0.462 e. The molecule has 0 aromatic heterocycles. The van der Waals surface area contributed by atoms with Gasteiger partial charge in [-0.25, -0.2) is 4.79 Å². The smallest absolute Gasteiger partial charge is 0.422 e. The summed E-state index contributed by atoms with van der Waals surface area (Å²) in [6.07, 6.45) is -5.42. The zero-order chi connectivity index (χ0) is 15.9. The van der Waals surface area contributed by atoms with Crippen LogP contribution in [0.3, 0.4) is 0 Å². The first-order chi connectivity index (χ1) is 9.80. The lowest BCUT2D eigenvalue weighted by Crippen LogP contribution is -2.28. The lowest BCUT2D eigenvalue weighted by molar-refractivity contribution is -0.174. The quantitative estimate of drug-likeness (QED) is 0.422. The van der Waals surface area contributed by atoms with Crippen molar-refractivity contribution in [3.63, 3.8) is 0 Å². The number of carbonyl (C=O) groups excluding carboxylic acids is 2. The Morgan fingerprint density at radius 1 is 1.38 bits per heavy atom. The topological polar surface area (TPSA) is 61.8 Å². The molecule has 1 aliphatic rings. The van der Waals surface area contributed by atoms with Crippen LogP contribution < -0.4 is 0 Å². The Kier molecular flexibility index (Phi) is 7.03. The summed E-state index contributed by atoms with van der Waals surface area (Å²) in [5.41, 5.74) is -1.57. The van der Waals surface area contributed by atoms with Crippen LogP contribution in [0.5, 0.6) is 0 Å². The van der Waals surface area contributed by atoms with E-state index in [1.54, 1.807) is 11.8 Å². The number of carbonyl (C=O) groups is 2. The Morgan fingerprint density at radius 2 is 2.10 bits per heavy atom. The van der Waals surface area contributed by atoms with Gasteiger partial charge in [-0.15, -0.1) is 0 Å². The molecule has 9 heteroatoms. The van der Waals surface area contributed by atoms with E-state index >= 15 is 0 Å². The van der Waals surface area contributed by atoms with Crippen LogP contribution in [0.25, 0.3) is 0 Å². The molecule has 0 spiro atoms. The number of hydrogen-bond acceptors (Lipinski definition) is 6. The molecule has 0 bridgehead atoms. The van der Waals surface area contributed by atoms with Crippen molar-refractivity contribution >= 4 is 23.7 Å². The van der Waals surface area contributed by atoms with Crippen molar-refractivity contribution in [1.82, 2.24) is 0 Å². The van der Waals surface area contributed by atoms with Crippen molar-refractivity contribution < 1.29 is 37.0 Å². The molecule has 120 valence electrons. The second kappa shape index (κ2) is 8.28. The number of rotatable bonds is 6. The van der Waals surface area contributed by atoms with Gasteiger partial charge in [-0.1, -0.05) is 6.58 Å². The summed E-state index contributed by atoms with van der Waals surface area (Å²) in [6.45, 7) is 2.79. The van der Waals surface area contributed by atoms with Gasteiger partial charge in [0.05, 0.1) is 19.0 Å². The molecule has 1 fully saturated rings. The average molecular weight is 328 g/mol. The first-order valence-electron chi connectivity index (χ1n) is 6.12. The number of alkyl halides is 3. The molecule has 1 atom stereocenters. The molecule has 0 aromatic carbocycles. The number of thioether (sulfide) groups is 1. The fraction of sp³-hybridized carbons (Fsp3) is 0.667. The maximum Gasteiger partial charge on any atom is 0.422 e. The van der Waals surface area contributed by atoms with E-state index in [-0.39, 0.29) is 19.4 Å². The normalized spacial score (nSPS) is 18.9. The minimum Gasteiger partial charge on any atom is -0.462 e. The molecular formula is C12H15F3O5S. The predicted octanol–water partition coefficient (Wildman–Crippen LogP) is 2.06. The van der Waals surface area contributed by atoms with Gasteiger partial charge in [0.15, 0.2) is 0 Å². The predicted molar refractivity (Wildman–Crippen MR) is 68.5 cm³/mol. The van der Waals surface area contributed by atoms with Crippen LogP contribution in [0.1, 0.15) is 12.8 Å². The molecule has 0 amide bonds. The van der Waals surface area contributed by atoms with Crippen molar-refractivity contribution in [1.29, 1.82) is 0 Å². The first kappa shape index (κ1) is 17.8. The van der Waals surface area contributed by atoms with Crippen molar-refractivity contribution in [2.75, 3.05) is 24.7 Å². The minimum atomic E-state index is -4.81. The molecule has 0 radical (unpaired) electrons. The molecule has 1 unspecified atom stereocenters. The van der Waals surface area contributed by atoms with Crippen LogP contribution in [0.2, 0.25) is 0 Å². The van der Waals surface area contributed by atoms with Crippen molar-refractivity contribution in [3.05, 3.63) is 12.2 Å². The van der Waals surface area contributed by atoms with E-state index in [1.165, 1.54) is 0 Å². The van der Waals surface area contributed by atoms with Gasteiger partial charge < -0.3 is 14.2 Å². The maximum absolute atomic E-state index is 12.1. The van der Waals surface area contributed by atoms with Gasteiger partial charge >= 0.3 is 18.1 Å². The second-order valence-corrected chi connectivity index (χ2v) is 5.23. The van der Waals surface area contributed by atoms with Gasteiger partial charge in [-0.3, -0.25) is 4.79 Å². The summed E-state index contributed by atoms with van der Waals surface area (Å²) >= 11 is 1.59. The molecule has 1 heterocycles. The van der Waals surface area contributed by atoms with E-state index in [0.717, 1.165) is 5.75 Å². The molecule has 0 aromatic rings. The molecule has 21 heavy (non-hydrogen) atoms. The fourth-order valence-electron chi connectivity index (χ4n) is 1.32. The van der Waals surface area contributed by atoms with Gasteiger partial charge in [0.25, 0.3) is 0 Å². The number of ether oxygens (including phenoxy) is 3. The van der Waals surface area contributed by atoms with Crippen LogP contribution in [-0.2, 0) is 23.8 Å². The van der Waals surface area contributed by atoms with Crippen LogP contribution in [0.4, 0.5) is 13.2 Å². The summed E-state index contributed by atoms with van der Waals surface area (Å²) in [5, 5.41) is 0. The van der Waals surface area contributed by atoms with Crippen LogP contribution in [-0.4, -0.2) is 49.1 Å². The van der Waals surface area contributed by atoms with Crippen molar-refractivity contribution in [3.8, 4) is 0 Å². The Morgan fingerprint density at radius 3 is 2.67 bits per heavy atom.